The molecule has 0 aliphatic carbocycles. The molecule has 0 amide bonds. The minimum absolute atomic E-state index is 0.101. The molecule has 1 N–H and O–H groups in total. The molecule has 7 nitrogen and oxygen atoms in total. The number of aliphatic imine (C=N–C) groups is 1. The molecule has 35 heavy (non-hydrogen) atoms. The highest BCUT2D eigenvalue weighted by Gasteiger charge is 2.15. The smallest absolute Gasteiger partial charge is 0.252 e. The van der Waals surface area contributed by atoms with E-state index in [0.717, 1.165) is 31.9 Å². The Morgan fingerprint density at radius 3 is 2.34 bits per heavy atom. The van der Waals surface area contributed by atoms with Crippen LogP contribution in [0.3, 0.4) is 0 Å². The lowest BCUT2D eigenvalue weighted by Crippen LogP contribution is -2.44. The van der Waals surface area contributed by atoms with Crippen LogP contribution in [0.25, 0.3) is 6.08 Å². The van der Waals surface area contributed by atoms with Gasteiger partial charge in [0.15, 0.2) is 5.78 Å². The van der Waals surface area contributed by atoms with E-state index in [4.69, 9.17) is 0 Å². The van der Waals surface area contributed by atoms with Crippen molar-refractivity contribution in [3.8, 4) is 0 Å². The second-order valence-corrected chi connectivity index (χ2v) is 8.69. The van der Waals surface area contributed by atoms with Crippen LogP contribution in [-0.2, 0) is 6.54 Å². The van der Waals surface area contributed by atoms with Crippen molar-refractivity contribution < 1.29 is 4.79 Å². The van der Waals surface area contributed by atoms with Crippen LogP contribution >= 0.6 is 0 Å². The first kappa shape index (κ1) is 24.2. The summed E-state index contributed by atoms with van der Waals surface area (Å²) in [4.78, 5) is 34.9. The van der Waals surface area contributed by atoms with Crippen molar-refractivity contribution in [2.24, 2.45) is 4.99 Å². The van der Waals surface area contributed by atoms with Crippen LogP contribution in [0.15, 0.2) is 83.1 Å². The predicted molar refractivity (Wildman–Crippen MR) is 144 cm³/mol. The minimum Gasteiger partial charge on any atom is -0.369 e. The van der Waals surface area contributed by atoms with Gasteiger partial charge in [-0.15, -0.1) is 0 Å². The van der Waals surface area contributed by atoms with Crippen molar-refractivity contribution in [2.45, 2.75) is 13.5 Å². The van der Waals surface area contributed by atoms with Gasteiger partial charge in [-0.25, -0.2) is 4.99 Å². The van der Waals surface area contributed by atoms with Crippen LogP contribution in [0, 0.1) is 0 Å². The van der Waals surface area contributed by atoms with Gasteiger partial charge < -0.3 is 15.1 Å². The lowest BCUT2D eigenvalue weighted by Gasteiger charge is -2.34. The number of amidine groups is 1. The summed E-state index contributed by atoms with van der Waals surface area (Å²) in [5.74, 6) is 0.846. The molecule has 0 bridgehead atoms. The largest absolute Gasteiger partial charge is 0.369 e. The molecule has 7 heteroatoms. The summed E-state index contributed by atoms with van der Waals surface area (Å²) in [6.07, 6.45) is 1.64. The van der Waals surface area contributed by atoms with Gasteiger partial charge in [0.05, 0.1) is 6.54 Å². The third-order valence-corrected chi connectivity index (χ3v) is 6.14. The third-order valence-electron chi connectivity index (χ3n) is 6.14. The first-order chi connectivity index (χ1) is 16.9. The van der Waals surface area contributed by atoms with Gasteiger partial charge >= 0.3 is 0 Å². The second-order valence-electron chi connectivity index (χ2n) is 8.69. The Morgan fingerprint density at radius 1 is 1.00 bits per heavy atom. The SMILES string of the molecule is C=Cc1ccc(=O)n(CC(=O)c2ccccc2)c1N=C(C)Nc1ccc(N2CCN(C)CC2)cc1. The number of carbonyl (C=O) groups excluding carboxylic acids is 1. The summed E-state index contributed by atoms with van der Waals surface area (Å²) in [6, 6.07) is 20.3. The maximum Gasteiger partial charge on any atom is 0.252 e. The van der Waals surface area contributed by atoms with Gasteiger partial charge in [-0.05, 0) is 44.3 Å². The predicted octanol–water partition coefficient (Wildman–Crippen LogP) is 4.29. The Morgan fingerprint density at radius 2 is 1.69 bits per heavy atom. The first-order valence-electron chi connectivity index (χ1n) is 11.7. The number of hydrogen-bond donors (Lipinski definition) is 1. The molecular weight excluding hydrogens is 438 g/mol. The van der Waals surface area contributed by atoms with E-state index >= 15 is 0 Å². The summed E-state index contributed by atoms with van der Waals surface area (Å²) < 4.78 is 1.40. The second kappa shape index (κ2) is 11.0. The Kier molecular flexibility index (Phi) is 7.57. The number of nitrogens with one attached hydrogen (secondary N) is 1. The Bertz CT molecular complexity index is 1270. The summed E-state index contributed by atoms with van der Waals surface area (Å²) in [5.41, 5.74) is 3.03. The van der Waals surface area contributed by atoms with Crippen LogP contribution in [0.1, 0.15) is 22.8 Å². The van der Waals surface area contributed by atoms with Crippen molar-refractivity contribution in [1.29, 1.82) is 0 Å². The highest BCUT2D eigenvalue weighted by atomic mass is 16.1. The molecule has 1 aromatic heterocycles. The average Bonchev–Trinajstić information content (AvgIpc) is 2.87. The molecule has 0 atom stereocenters. The molecule has 3 aromatic rings. The quantitative estimate of drug-likeness (QED) is 0.318. The average molecular weight is 470 g/mol. The lowest BCUT2D eigenvalue weighted by molar-refractivity contribution is 0.0971. The van der Waals surface area contributed by atoms with E-state index in [9.17, 15) is 9.59 Å². The molecular formula is C28H31N5O2. The molecule has 0 unspecified atom stereocenters. The lowest BCUT2D eigenvalue weighted by atomic mass is 10.1. The van der Waals surface area contributed by atoms with Gasteiger partial charge in [0, 0.05) is 54.7 Å². The fraction of sp³-hybridized carbons (Fsp3) is 0.250. The van der Waals surface area contributed by atoms with E-state index in [-0.39, 0.29) is 17.9 Å². The maximum atomic E-state index is 12.8. The van der Waals surface area contributed by atoms with Crippen molar-refractivity contribution in [3.05, 3.63) is 94.8 Å². The molecule has 0 saturated carbocycles. The fourth-order valence-electron chi connectivity index (χ4n) is 4.10. The standard InChI is InChI=1S/C28H31N5O2/c1-4-22-10-15-27(35)33(20-26(34)23-8-6-5-7-9-23)28(22)30-21(2)29-24-11-13-25(14-12-24)32-18-16-31(3)17-19-32/h4-15H,1,16-20H2,2-3H3,(H,29,30). The number of anilines is 2. The topological polar surface area (TPSA) is 69.9 Å². The first-order valence-corrected chi connectivity index (χ1v) is 11.7. The van der Waals surface area contributed by atoms with Gasteiger partial charge in [-0.3, -0.25) is 14.2 Å². The van der Waals surface area contributed by atoms with Crippen molar-refractivity contribution in [3.63, 3.8) is 0 Å². The van der Waals surface area contributed by atoms with Crippen LogP contribution in [0.5, 0.6) is 0 Å². The van der Waals surface area contributed by atoms with Crippen LogP contribution in [-0.4, -0.2) is 54.3 Å². The fourth-order valence-corrected chi connectivity index (χ4v) is 4.10. The number of piperazine rings is 1. The molecule has 2 aromatic carbocycles. The molecule has 180 valence electrons. The van der Waals surface area contributed by atoms with E-state index in [1.54, 1.807) is 36.4 Å². The molecule has 1 saturated heterocycles. The monoisotopic (exact) mass is 469 g/mol. The molecule has 1 aliphatic heterocycles. The van der Waals surface area contributed by atoms with Gasteiger partial charge in [0.2, 0.25) is 0 Å². The number of aromatic nitrogens is 1. The number of likely N-dealkylation sites (N-methyl/N-ethyl adjacent to an activating group) is 1. The number of nitrogens with zero attached hydrogens (tertiary/aromatic N) is 4. The number of carbonyl (C=O) groups is 1. The number of Topliss-reactive ketones (excluding diaryl/α,β-unsaturated/α-hetero) is 1. The Labute approximate surface area is 206 Å². The number of rotatable bonds is 7. The normalized spacial score (nSPS) is 14.6. The zero-order valence-corrected chi connectivity index (χ0v) is 20.3. The summed E-state index contributed by atoms with van der Waals surface area (Å²) >= 11 is 0. The highest BCUT2D eigenvalue weighted by molar-refractivity contribution is 5.97. The van der Waals surface area contributed by atoms with Gasteiger partial charge in [0.25, 0.3) is 5.56 Å². The molecule has 0 spiro atoms. The molecule has 1 aliphatic rings. The molecule has 4 rings (SSSR count). The van der Waals surface area contributed by atoms with E-state index in [1.165, 1.54) is 16.3 Å². The minimum atomic E-state index is -0.289. The summed E-state index contributed by atoms with van der Waals surface area (Å²) in [7, 11) is 2.15. The van der Waals surface area contributed by atoms with Gasteiger partial charge in [0.1, 0.15) is 11.7 Å². The number of pyridine rings is 1. The highest BCUT2D eigenvalue weighted by Crippen LogP contribution is 2.22. The Balaban J connectivity index is 1.55. The number of hydrogen-bond acceptors (Lipinski definition) is 5. The van der Waals surface area contributed by atoms with Crippen molar-refractivity contribution in [1.82, 2.24) is 9.47 Å². The van der Waals surface area contributed by atoms with Crippen LogP contribution in [0.2, 0.25) is 0 Å². The summed E-state index contributed by atoms with van der Waals surface area (Å²) in [5, 5.41) is 3.30. The molecule has 0 radical (unpaired) electrons. The Hall–Kier alpha value is -3.97. The maximum absolute atomic E-state index is 12.8. The van der Waals surface area contributed by atoms with Gasteiger partial charge in [-0.2, -0.15) is 0 Å². The van der Waals surface area contributed by atoms with E-state index in [1.807, 2.05) is 25.1 Å². The van der Waals surface area contributed by atoms with Crippen LogP contribution in [0.4, 0.5) is 17.2 Å². The third kappa shape index (κ3) is 5.94. The number of ketones is 1. The number of benzene rings is 2. The van der Waals surface area contributed by atoms with Gasteiger partial charge in [-0.1, -0.05) is 43.0 Å². The van der Waals surface area contributed by atoms with Crippen molar-refractivity contribution in [2.75, 3.05) is 43.4 Å². The van der Waals surface area contributed by atoms with E-state index < -0.39 is 0 Å². The molecule has 2 heterocycles. The molecule has 1 fully saturated rings. The van der Waals surface area contributed by atoms with E-state index in [2.05, 4.69) is 45.9 Å². The zero-order chi connectivity index (χ0) is 24.8. The zero-order valence-electron chi connectivity index (χ0n) is 20.3. The van der Waals surface area contributed by atoms with E-state index in [0.29, 0.717) is 22.8 Å². The van der Waals surface area contributed by atoms with Crippen molar-refractivity contribution >= 4 is 34.9 Å². The summed E-state index contributed by atoms with van der Waals surface area (Å²) in [6.45, 7) is 9.73. The van der Waals surface area contributed by atoms with Crippen LogP contribution < -0.4 is 15.8 Å².